The van der Waals surface area contributed by atoms with Gasteiger partial charge in [-0.15, -0.1) is 0 Å². The fraction of sp³-hybridized carbons (Fsp3) is 0.462. The van der Waals surface area contributed by atoms with Gasteiger partial charge in [0.2, 0.25) is 0 Å². The van der Waals surface area contributed by atoms with Crippen molar-refractivity contribution in [3.8, 4) is 5.75 Å². The maximum Gasteiger partial charge on any atom is 0.324 e. The predicted octanol–water partition coefficient (Wildman–Crippen LogP) is 1.66. The van der Waals surface area contributed by atoms with Crippen LogP contribution in [0, 0.1) is 20.8 Å². The van der Waals surface area contributed by atoms with Crippen molar-refractivity contribution >= 4 is 5.97 Å². The number of carbonyl (C=O) groups is 1. The summed E-state index contributed by atoms with van der Waals surface area (Å²) < 4.78 is 5.59. The quantitative estimate of drug-likeness (QED) is 0.817. The van der Waals surface area contributed by atoms with Crippen molar-refractivity contribution in [2.45, 2.75) is 26.8 Å². The van der Waals surface area contributed by atoms with Crippen LogP contribution in [0.2, 0.25) is 0 Å². The van der Waals surface area contributed by atoms with Crippen LogP contribution in [0.5, 0.6) is 5.75 Å². The molecule has 0 aromatic heterocycles. The molecule has 0 radical (unpaired) electrons. The Bertz CT molecular complexity index is 392. The number of rotatable bonds is 5. The molecule has 0 aliphatic heterocycles. The highest BCUT2D eigenvalue weighted by molar-refractivity contribution is 5.73. The number of likely N-dealkylation sites (N-methyl/N-ethyl adjacent to an activating group) is 1. The molecule has 1 atom stereocenters. The molecule has 0 saturated carbocycles. The Labute approximate surface area is 102 Å². The summed E-state index contributed by atoms with van der Waals surface area (Å²) in [6.45, 7) is 6.07. The van der Waals surface area contributed by atoms with Gasteiger partial charge in [0.25, 0.3) is 0 Å². The van der Waals surface area contributed by atoms with Gasteiger partial charge in [0.05, 0.1) is 0 Å². The SMILES string of the molecule is CNC(COc1c(C)cc(C)cc1C)C(=O)O. The molecule has 4 nitrogen and oxygen atoms in total. The first-order chi connectivity index (χ1) is 7.95. The van der Waals surface area contributed by atoms with E-state index >= 15 is 0 Å². The van der Waals surface area contributed by atoms with Gasteiger partial charge in [-0.05, 0) is 38.9 Å². The fourth-order valence-electron chi connectivity index (χ4n) is 1.84. The Balaban J connectivity index is 2.79. The Hall–Kier alpha value is -1.55. The van der Waals surface area contributed by atoms with Crippen molar-refractivity contribution < 1.29 is 14.6 Å². The van der Waals surface area contributed by atoms with Crippen LogP contribution in [0.4, 0.5) is 0 Å². The lowest BCUT2D eigenvalue weighted by atomic mass is 10.1. The highest BCUT2D eigenvalue weighted by atomic mass is 16.5. The molecule has 94 valence electrons. The predicted molar refractivity (Wildman–Crippen MR) is 66.6 cm³/mol. The zero-order valence-corrected chi connectivity index (χ0v) is 10.7. The van der Waals surface area contributed by atoms with E-state index in [-0.39, 0.29) is 6.61 Å². The number of aliphatic carboxylic acids is 1. The number of carboxylic acid groups (broad SMARTS) is 1. The molecule has 1 rings (SSSR count). The molecule has 0 aliphatic carbocycles. The van der Waals surface area contributed by atoms with Crippen LogP contribution in [-0.2, 0) is 4.79 Å². The molecule has 0 saturated heterocycles. The first kappa shape index (κ1) is 13.5. The minimum absolute atomic E-state index is 0.122. The van der Waals surface area contributed by atoms with Crippen LogP contribution in [0.1, 0.15) is 16.7 Å². The first-order valence-electron chi connectivity index (χ1n) is 5.56. The van der Waals surface area contributed by atoms with Crippen molar-refractivity contribution in [1.82, 2.24) is 5.32 Å². The molecule has 4 heteroatoms. The first-order valence-corrected chi connectivity index (χ1v) is 5.56. The van der Waals surface area contributed by atoms with Gasteiger partial charge in [-0.3, -0.25) is 4.79 Å². The summed E-state index contributed by atoms with van der Waals surface area (Å²) in [6, 6.07) is 3.37. The lowest BCUT2D eigenvalue weighted by molar-refractivity contribution is -0.140. The van der Waals surface area contributed by atoms with E-state index in [2.05, 4.69) is 5.32 Å². The normalized spacial score (nSPS) is 12.2. The van der Waals surface area contributed by atoms with Gasteiger partial charge < -0.3 is 15.2 Å². The number of benzene rings is 1. The molecular weight excluding hydrogens is 218 g/mol. The monoisotopic (exact) mass is 237 g/mol. The average Bonchev–Trinajstić information content (AvgIpc) is 2.21. The van der Waals surface area contributed by atoms with E-state index < -0.39 is 12.0 Å². The van der Waals surface area contributed by atoms with Crippen molar-refractivity contribution in [3.05, 3.63) is 28.8 Å². The van der Waals surface area contributed by atoms with Gasteiger partial charge in [-0.2, -0.15) is 0 Å². The molecule has 17 heavy (non-hydrogen) atoms. The minimum Gasteiger partial charge on any atom is -0.491 e. The van der Waals surface area contributed by atoms with Gasteiger partial charge >= 0.3 is 5.97 Å². The number of carboxylic acids is 1. The maximum absolute atomic E-state index is 10.8. The van der Waals surface area contributed by atoms with Crippen LogP contribution >= 0.6 is 0 Å². The molecule has 0 heterocycles. The van der Waals surface area contributed by atoms with E-state index in [1.165, 1.54) is 5.56 Å². The molecule has 1 aromatic carbocycles. The van der Waals surface area contributed by atoms with Gasteiger partial charge in [0, 0.05) is 0 Å². The summed E-state index contributed by atoms with van der Waals surface area (Å²) in [5.41, 5.74) is 3.24. The largest absolute Gasteiger partial charge is 0.491 e. The standard InChI is InChI=1S/C13H19NO3/c1-8-5-9(2)12(10(3)6-8)17-7-11(14-4)13(15)16/h5-6,11,14H,7H2,1-4H3,(H,15,16). The Morgan fingerprint density at radius 1 is 1.35 bits per heavy atom. The summed E-state index contributed by atoms with van der Waals surface area (Å²) in [4.78, 5) is 10.8. The lowest BCUT2D eigenvalue weighted by Gasteiger charge is -2.16. The van der Waals surface area contributed by atoms with Gasteiger partial charge in [0.15, 0.2) is 0 Å². The third-order valence-corrected chi connectivity index (χ3v) is 2.65. The third-order valence-electron chi connectivity index (χ3n) is 2.65. The average molecular weight is 237 g/mol. The Kier molecular flexibility index (Phi) is 4.52. The molecule has 1 aromatic rings. The van der Waals surface area contributed by atoms with E-state index in [0.717, 1.165) is 16.9 Å². The zero-order chi connectivity index (χ0) is 13.0. The van der Waals surface area contributed by atoms with E-state index in [1.807, 2.05) is 32.9 Å². The maximum atomic E-state index is 10.8. The molecule has 1 unspecified atom stereocenters. The second-order valence-electron chi connectivity index (χ2n) is 4.22. The summed E-state index contributed by atoms with van der Waals surface area (Å²) in [6.07, 6.45) is 0. The lowest BCUT2D eigenvalue weighted by Crippen LogP contribution is -2.39. The number of aryl methyl sites for hydroxylation is 3. The van der Waals surface area contributed by atoms with E-state index in [9.17, 15) is 4.79 Å². The molecule has 0 spiro atoms. The molecule has 0 bridgehead atoms. The summed E-state index contributed by atoms with van der Waals surface area (Å²) in [7, 11) is 1.61. The number of ether oxygens (including phenoxy) is 1. The van der Waals surface area contributed by atoms with Crippen molar-refractivity contribution in [3.63, 3.8) is 0 Å². The zero-order valence-electron chi connectivity index (χ0n) is 10.7. The van der Waals surface area contributed by atoms with Crippen LogP contribution < -0.4 is 10.1 Å². The topological polar surface area (TPSA) is 58.6 Å². The molecular formula is C13H19NO3. The van der Waals surface area contributed by atoms with Crippen molar-refractivity contribution in [2.75, 3.05) is 13.7 Å². The highest BCUT2D eigenvalue weighted by Gasteiger charge is 2.16. The van der Waals surface area contributed by atoms with Crippen LogP contribution in [-0.4, -0.2) is 30.8 Å². The van der Waals surface area contributed by atoms with Crippen LogP contribution in [0.3, 0.4) is 0 Å². The number of nitrogens with one attached hydrogen (secondary N) is 1. The van der Waals surface area contributed by atoms with Crippen LogP contribution in [0.25, 0.3) is 0 Å². The highest BCUT2D eigenvalue weighted by Crippen LogP contribution is 2.24. The van der Waals surface area contributed by atoms with Gasteiger partial charge in [-0.25, -0.2) is 0 Å². The Morgan fingerprint density at radius 3 is 2.29 bits per heavy atom. The summed E-state index contributed by atoms with van der Waals surface area (Å²) in [5.74, 6) is -0.132. The van der Waals surface area contributed by atoms with Crippen LogP contribution in [0.15, 0.2) is 12.1 Å². The molecule has 0 fully saturated rings. The second kappa shape index (κ2) is 5.68. The minimum atomic E-state index is -0.907. The van der Waals surface area contributed by atoms with Crippen molar-refractivity contribution in [1.29, 1.82) is 0 Å². The fourth-order valence-corrected chi connectivity index (χ4v) is 1.84. The smallest absolute Gasteiger partial charge is 0.324 e. The molecule has 2 N–H and O–H groups in total. The Morgan fingerprint density at radius 2 is 1.88 bits per heavy atom. The number of hydrogen-bond donors (Lipinski definition) is 2. The number of hydrogen-bond acceptors (Lipinski definition) is 3. The van der Waals surface area contributed by atoms with E-state index in [0.29, 0.717) is 0 Å². The van der Waals surface area contributed by atoms with Gasteiger partial charge in [-0.1, -0.05) is 17.7 Å². The van der Waals surface area contributed by atoms with Crippen molar-refractivity contribution in [2.24, 2.45) is 0 Å². The van der Waals surface area contributed by atoms with E-state index in [4.69, 9.17) is 9.84 Å². The van der Waals surface area contributed by atoms with E-state index in [1.54, 1.807) is 7.05 Å². The molecule has 0 aliphatic rings. The summed E-state index contributed by atoms with van der Waals surface area (Å²) >= 11 is 0. The summed E-state index contributed by atoms with van der Waals surface area (Å²) in [5, 5.41) is 11.6. The van der Waals surface area contributed by atoms with Gasteiger partial charge in [0.1, 0.15) is 18.4 Å². The molecule has 0 amide bonds. The third kappa shape index (κ3) is 3.46. The second-order valence-corrected chi connectivity index (χ2v) is 4.22.